The van der Waals surface area contributed by atoms with Gasteiger partial charge >= 0.3 is 6.18 Å². The van der Waals surface area contributed by atoms with Crippen LogP contribution in [0.5, 0.6) is 0 Å². The number of hydrogen-bond donors (Lipinski definition) is 1. The van der Waals surface area contributed by atoms with Crippen LogP contribution >= 0.6 is 0 Å². The van der Waals surface area contributed by atoms with E-state index in [4.69, 9.17) is 5.73 Å². The molecule has 2 rings (SSSR count). The zero-order chi connectivity index (χ0) is 13.3. The Hall–Kier alpha value is -1.53. The molecule has 0 bridgehead atoms. The maximum absolute atomic E-state index is 12.6. The van der Waals surface area contributed by atoms with E-state index in [0.717, 1.165) is 19.3 Å². The summed E-state index contributed by atoms with van der Waals surface area (Å²) in [5.41, 5.74) is 5.43. The lowest BCUT2D eigenvalue weighted by Gasteiger charge is -2.25. The standard InChI is InChI=1S/C11H15F3N4/c1-2-7-4-3-5-18(7)9-6-8(15)16-10(17-9)11(12,13)14/h6-7H,2-5H2,1H3,(H2,15,16,17). The Morgan fingerprint density at radius 1 is 1.44 bits per heavy atom. The van der Waals surface area contributed by atoms with Crippen molar-refractivity contribution in [2.75, 3.05) is 17.2 Å². The summed E-state index contributed by atoms with van der Waals surface area (Å²) in [6, 6.07) is 1.64. The molecular formula is C11H15F3N4. The zero-order valence-corrected chi connectivity index (χ0v) is 10.0. The Bertz CT molecular complexity index is 433. The van der Waals surface area contributed by atoms with E-state index in [9.17, 15) is 13.2 Å². The number of nitrogens with two attached hydrogens (primary N) is 1. The normalized spacial score (nSPS) is 20.4. The minimum atomic E-state index is -4.56. The van der Waals surface area contributed by atoms with Crippen LogP contribution in [0.3, 0.4) is 0 Å². The van der Waals surface area contributed by atoms with Crippen molar-refractivity contribution in [1.29, 1.82) is 0 Å². The van der Waals surface area contributed by atoms with Crippen LogP contribution in [0.4, 0.5) is 24.8 Å². The summed E-state index contributed by atoms with van der Waals surface area (Å²) < 4.78 is 37.8. The molecule has 7 heteroatoms. The molecule has 2 N–H and O–H groups in total. The molecule has 0 aromatic carbocycles. The van der Waals surface area contributed by atoms with Gasteiger partial charge < -0.3 is 10.6 Å². The number of halogens is 3. The van der Waals surface area contributed by atoms with Gasteiger partial charge in [0.15, 0.2) is 0 Å². The summed E-state index contributed by atoms with van der Waals surface area (Å²) in [7, 11) is 0. The first-order valence-corrected chi connectivity index (χ1v) is 5.90. The van der Waals surface area contributed by atoms with Gasteiger partial charge in [0.05, 0.1) is 0 Å². The second kappa shape index (κ2) is 4.62. The van der Waals surface area contributed by atoms with Crippen molar-refractivity contribution in [1.82, 2.24) is 9.97 Å². The maximum Gasteiger partial charge on any atom is 0.451 e. The molecule has 1 unspecified atom stereocenters. The minimum Gasteiger partial charge on any atom is -0.384 e. The highest BCUT2D eigenvalue weighted by Crippen LogP contribution is 2.31. The van der Waals surface area contributed by atoms with Crippen LogP contribution in [-0.4, -0.2) is 22.6 Å². The van der Waals surface area contributed by atoms with Gasteiger partial charge in [0.1, 0.15) is 11.6 Å². The average Bonchev–Trinajstić information content (AvgIpc) is 2.74. The molecule has 0 radical (unpaired) electrons. The van der Waals surface area contributed by atoms with Crippen molar-refractivity contribution < 1.29 is 13.2 Å². The highest BCUT2D eigenvalue weighted by molar-refractivity contribution is 5.48. The van der Waals surface area contributed by atoms with Crippen LogP contribution in [-0.2, 0) is 6.18 Å². The van der Waals surface area contributed by atoms with Crippen molar-refractivity contribution in [3.05, 3.63) is 11.9 Å². The molecule has 1 aliphatic heterocycles. The Labute approximate surface area is 103 Å². The van der Waals surface area contributed by atoms with Gasteiger partial charge in [-0.05, 0) is 19.3 Å². The molecule has 1 saturated heterocycles. The number of anilines is 2. The number of aromatic nitrogens is 2. The number of nitrogen functional groups attached to an aromatic ring is 1. The number of nitrogens with zero attached hydrogens (tertiary/aromatic N) is 3. The molecule has 2 heterocycles. The van der Waals surface area contributed by atoms with Gasteiger partial charge in [-0.3, -0.25) is 0 Å². The van der Waals surface area contributed by atoms with Crippen molar-refractivity contribution in [3.63, 3.8) is 0 Å². The molecule has 0 aliphatic carbocycles. The molecule has 100 valence electrons. The molecule has 1 atom stereocenters. The smallest absolute Gasteiger partial charge is 0.384 e. The molecule has 0 saturated carbocycles. The van der Waals surface area contributed by atoms with Crippen LogP contribution in [0.15, 0.2) is 6.07 Å². The van der Waals surface area contributed by atoms with E-state index in [1.165, 1.54) is 6.07 Å². The lowest BCUT2D eigenvalue weighted by molar-refractivity contribution is -0.144. The summed E-state index contributed by atoms with van der Waals surface area (Å²) in [6.07, 6.45) is -1.75. The van der Waals surface area contributed by atoms with Crippen LogP contribution in [0.25, 0.3) is 0 Å². The van der Waals surface area contributed by atoms with Gasteiger partial charge in [0, 0.05) is 18.7 Å². The number of rotatable bonds is 2. The number of hydrogen-bond acceptors (Lipinski definition) is 4. The van der Waals surface area contributed by atoms with E-state index in [-0.39, 0.29) is 17.7 Å². The lowest BCUT2D eigenvalue weighted by atomic mass is 10.2. The summed E-state index contributed by atoms with van der Waals surface area (Å²) in [4.78, 5) is 8.72. The lowest BCUT2D eigenvalue weighted by Crippen LogP contribution is -2.30. The summed E-state index contributed by atoms with van der Waals surface area (Å²) in [6.45, 7) is 2.73. The highest BCUT2D eigenvalue weighted by Gasteiger charge is 2.36. The Morgan fingerprint density at radius 2 is 2.17 bits per heavy atom. The zero-order valence-electron chi connectivity index (χ0n) is 10.0. The Balaban J connectivity index is 2.36. The first-order chi connectivity index (χ1) is 8.41. The van der Waals surface area contributed by atoms with E-state index >= 15 is 0 Å². The SMILES string of the molecule is CCC1CCCN1c1cc(N)nc(C(F)(F)F)n1. The highest BCUT2D eigenvalue weighted by atomic mass is 19.4. The molecule has 1 aliphatic rings. The van der Waals surface area contributed by atoms with Gasteiger partial charge in [0.25, 0.3) is 0 Å². The third-order valence-electron chi connectivity index (χ3n) is 3.13. The second-order valence-electron chi connectivity index (χ2n) is 4.37. The van der Waals surface area contributed by atoms with Crippen LogP contribution < -0.4 is 10.6 Å². The molecule has 1 fully saturated rings. The first kappa shape index (κ1) is 12.9. The molecule has 1 aromatic rings. The fraction of sp³-hybridized carbons (Fsp3) is 0.636. The van der Waals surface area contributed by atoms with E-state index in [0.29, 0.717) is 6.54 Å². The van der Waals surface area contributed by atoms with Gasteiger partial charge in [-0.15, -0.1) is 0 Å². The monoisotopic (exact) mass is 260 g/mol. The predicted octanol–water partition coefficient (Wildman–Crippen LogP) is 2.46. The van der Waals surface area contributed by atoms with Gasteiger partial charge in [-0.1, -0.05) is 6.92 Å². The first-order valence-electron chi connectivity index (χ1n) is 5.90. The molecule has 0 amide bonds. The minimum absolute atomic E-state index is 0.144. The quantitative estimate of drug-likeness (QED) is 0.887. The van der Waals surface area contributed by atoms with Crippen molar-refractivity contribution in [3.8, 4) is 0 Å². The van der Waals surface area contributed by atoms with E-state index in [1.54, 1.807) is 0 Å². The van der Waals surface area contributed by atoms with Gasteiger partial charge in [0.2, 0.25) is 5.82 Å². The van der Waals surface area contributed by atoms with Gasteiger partial charge in [-0.25, -0.2) is 9.97 Å². The van der Waals surface area contributed by atoms with Crippen molar-refractivity contribution >= 4 is 11.6 Å². The van der Waals surface area contributed by atoms with E-state index in [1.807, 2.05) is 11.8 Å². The third kappa shape index (κ3) is 2.49. The van der Waals surface area contributed by atoms with E-state index in [2.05, 4.69) is 9.97 Å². The topological polar surface area (TPSA) is 55.0 Å². The number of alkyl halides is 3. The van der Waals surface area contributed by atoms with Crippen molar-refractivity contribution in [2.45, 2.75) is 38.4 Å². The van der Waals surface area contributed by atoms with Crippen LogP contribution in [0, 0.1) is 0 Å². The predicted molar refractivity (Wildman–Crippen MR) is 62.1 cm³/mol. The summed E-state index contributed by atoms with van der Waals surface area (Å²) in [5.74, 6) is -1.03. The second-order valence-corrected chi connectivity index (χ2v) is 4.37. The Morgan fingerprint density at radius 3 is 2.78 bits per heavy atom. The average molecular weight is 260 g/mol. The maximum atomic E-state index is 12.6. The molecule has 4 nitrogen and oxygen atoms in total. The van der Waals surface area contributed by atoms with E-state index < -0.39 is 12.0 Å². The largest absolute Gasteiger partial charge is 0.451 e. The summed E-state index contributed by atoms with van der Waals surface area (Å²) >= 11 is 0. The third-order valence-corrected chi connectivity index (χ3v) is 3.13. The van der Waals surface area contributed by atoms with Crippen molar-refractivity contribution in [2.24, 2.45) is 0 Å². The fourth-order valence-corrected chi connectivity index (χ4v) is 2.29. The molecule has 0 spiro atoms. The van der Waals surface area contributed by atoms with Gasteiger partial charge in [-0.2, -0.15) is 13.2 Å². The molecule has 1 aromatic heterocycles. The Kier molecular flexibility index (Phi) is 3.32. The summed E-state index contributed by atoms with van der Waals surface area (Å²) in [5, 5.41) is 0. The fourth-order valence-electron chi connectivity index (χ4n) is 2.29. The van der Waals surface area contributed by atoms with Crippen LogP contribution in [0.2, 0.25) is 0 Å². The molecule has 18 heavy (non-hydrogen) atoms. The van der Waals surface area contributed by atoms with Crippen LogP contribution in [0.1, 0.15) is 32.0 Å². The molecular weight excluding hydrogens is 245 g/mol.